The first-order chi connectivity index (χ1) is 9.65. The van der Waals surface area contributed by atoms with Gasteiger partial charge in [-0.3, -0.25) is 4.79 Å². The Balaban J connectivity index is 1.93. The highest BCUT2D eigenvalue weighted by atomic mass is 16.4. The molecule has 0 atom stereocenters. The van der Waals surface area contributed by atoms with E-state index in [1.54, 1.807) is 6.07 Å². The molecule has 2 rings (SSSR count). The Hall–Kier alpha value is -2.04. The molecule has 0 unspecified atom stereocenters. The Morgan fingerprint density at radius 2 is 1.90 bits per heavy atom. The Labute approximate surface area is 118 Å². The highest BCUT2D eigenvalue weighted by molar-refractivity contribution is 5.90. The fourth-order valence-corrected chi connectivity index (χ4v) is 2.52. The maximum absolute atomic E-state index is 11.9. The van der Waals surface area contributed by atoms with Gasteiger partial charge < -0.3 is 15.7 Å². The van der Waals surface area contributed by atoms with E-state index in [2.05, 4.69) is 10.6 Å². The lowest BCUT2D eigenvalue weighted by atomic mass is 10.1. The van der Waals surface area contributed by atoms with E-state index in [1.807, 2.05) is 18.2 Å². The molecule has 1 saturated carbocycles. The summed E-state index contributed by atoms with van der Waals surface area (Å²) in [6.45, 7) is 0. The van der Waals surface area contributed by atoms with Gasteiger partial charge in [0.1, 0.15) is 0 Å². The maximum atomic E-state index is 11.9. The van der Waals surface area contributed by atoms with Gasteiger partial charge in [-0.1, -0.05) is 31.0 Å². The van der Waals surface area contributed by atoms with E-state index in [0.717, 1.165) is 18.4 Å². The van der Waals surface area contributed by atoms with E-state index in [-0.39, 0.29) is 18.5 Å². The van der Waals surface area contributed by atoms with Gasteiger partial charge >= 0.3 is 12.0 Å². The molecule has 0 bridgehead atoms. The molecule has 0 radical (unpaired) electrons. The Kier molecular flexibility index (Phi) is 4.98. The zero-order valence-corrected chi connectivity index (χ0v) is 11.4. The predicted octanol–water partition coefficient (Wildman–Crippen LogP) is 2.77. The van der Waals surface area contributed by atoms with Crippen molar-refractivity contribution < 1.29 is 14.7 Å². The number of para-hydroxylation sites is 1. The molecule has 0 aromatic heterocycles. The minimum Gasteiger partial charge on any atom is -0.481 e. The monoisotopic (exact) mass is 276 g/mol. The average Bonchev–Trinajstić information content (AvgIpc) is 2.90. The van der Waals surface area contributed by atoms with Crippen LogP contribution < -0.4 is 10.6 Å². The zero-order valence-electron chi connectivity index (χ0n) is 11.4. The second kappa shape index (κ2) is 6.93. The Morgan fingerprint density at radius 1 is 1.20 bits per heavy atom. The fraction of sp³-hybridized carbons (Fsp3) is 0.467. The van der Waals surface area contributed by atoms with Crippen molar-refractivity contribution in [1.82, 2.24) is 5.32 Å². The molecule has 1 aliphatic rings. The average molecular weight is 276 g/mol. The molecule has 108 valence electrons. The number of benzene rings is 1. The van der Waals surface area contributed by atoms with E-state index in [0.29, 0.717) is 12.1 Å². The number of carbonyl (C=O) groups is 2. The van der Waals surface area contributed by atoms with Crippen LogP contribution in [0.4, 0.5) is 10.5 Å². The van der Waals surface area contributed by atoms with Crippen molar-refractivity contribution in [3.8, 4) is 0 Å². The van der Waals surface area contributed by atoms with Crippen LogP contribution >= 0.6 is 0 Å². The first-order valence-electron chi connectivity index (χ1n) is 7.02. The lowest BCUT2D eigenvalue weighted by molar-refractivity contribution is -0.136. The predicted molar refractivity (Wildman–Crippen MR) is 76.8 cm³/mol. The summed E-state index contributed by atoms with van der Waals surface area (Å²) in [6, 6.07) is 7.37. The molecule has 0 aliphatic heterocycles. The van der Waals surface area contributed by atoms with Crippen LogP contribution in [0.1, 0.15) is 37.7 Å². The van der Waals surface area contributed by atoms with Gasteiger partial charge in [0.15, 0.2) is 0 Å². The standard InChI is InChI=1S/C15H20N2O3/c18-14(19)10-9-11-5-1-4-8-13(11)17-15(20)16-12-6-2-3-7-12/h1,4-5,8,12H,2-3,6-7,9-10H2,(H,18,19)(H2,16,17,20). The number of carbonyl (C=O) groups excluding carboxylic acids is 1. The second-order valence-electron chi connectivity index (χ2n) is 5.13. The molecular weight excluding hydrogens is 256 g/mol. The van der Waals surface area contributed by atoms with Crippen molar-refractivity contribution in [3.63, 3.8) is 0 Å². The van der Waals surface area contributed by atoms with Crippen LogP contribution in [0.2, 0.25) is 0 Å². The van der Waals surface area contributed by atoms with Crippen molar-refractivity contribution in [2.75, 3.05) is 5.32 Å². The van der Waals surface area contributed by atoms with Gasteiger partial charge in [-0.05, 0) is 30.9 Å². The van der Waals surface area contributed by atoms with Crippen LogP contribution in [0.3, 0.4) is 0 Å². The topological polar surface area (TPSA) is 78.4 Å². The van der Waals surface area contributed by atoms with Crippen LogP contribution in [-0.2, 0) is 11.2 Å². The molecule has 0 spiro atoms. The third-order valence-electron chi connectivity index (χ3n) is 3.56. The number of hydrogen-bond donors (Lipinski definition) is 3. The van der Waals surface area contributed by atoms with Gasteiger partial charge in [0.05, 0.1) is 0 Å². The van der Waals surface area contributed by atoms with Crippen molar-refractivity contribution >= 4 is 17.7 Å². The molecule has 0 saturated heterocycles. The van der Waals surface area contributed by atoms with E-state index in [9.17, 15) is 9.59 Å². The fourth-order valence-electron chi connectivity index (χ4n) is 2.52. The van der Waals surface area contributed by atoms with Gasteiger partial charge in [-0.15, -0.1) is 0 Å². The molecular formula is C15H20N2O3. The number of hydrogen-bond acceptors (Lipinski definition) is 2. The summed E-state index contributed by atoms with van der Waals surface area (Å²) in [6.07, 6.45) is 4.88. The van der Waals surface area contributed by atoms with E-state index in [4.69, 9.17) is 5.11 Å². The number of carboxylic acid groups (broad SMARTS) is 1. The van der Waals surface area contributed by atoms with Gasteiger partial charge in [-0.2, -0.15) is 0 Å². The van der Waals surface area contributed by atoms with Crippen molar-refractivity contribution in [3.05, 3.63) is 29.8 Å². The highest BCUT2D eigenvalue weighted by Crippen LogP contribution is 2.19. The molecule has 0 heterocycles. The Morgan fingerprint density at radius 3 is 2.60 bits per heavy atom. The third-order valence-corrected chi connectivity index (χ3v) is 3.56. The number of nitrogens with one attached hydrogen (secondary N) is 2. The molecule has 1 aromatic rings. The summed E-state index contributed by atoms with van der Waals surface area (Å²) in [5, 5.41) is 14.5. The number of aliphatic carboxylic acids is 1. The molecule has 5 heteroatoms. The van der Waals surface area contributed by atoms with Crippen LogP contribution in [0.5, 0.6) is 0 Å². The first kappa shape index (κ1) is 14.4. The Bertz CT molecular complexity index is 482. The second-order valence-corrected chi connectivity index (χ2v) is 5.13. The number of rotatable bonds is 5. The van der Waals surface area contributed by atoms with Crippen molar-refractivity contribution in [2.45, 2.75) is 44.6 Å². The number of aryl methyl sites for hydroxylation is 1. The molecule has 3 N–H and O–H groups in total. The number of urea groups is 1. The van der Waals surface area contributed by atoms with E-state index >= 15 is 0 Å². The molecule has 20 heavy (non-hydrogen) atoms. The highest BCUT2D eigenvalue weighted by Gasteiger charge is 2.17. The number of carboxylic acids is 1. The third kappa shape index (κ3) is 4.26. The SMILES string of the molecule is O=C(O)CCc1ccccc1NC(=O)NC1CCCC1. The summed E-state index contributed by atoms with van der Waals surface area (Å²) in [5.41, 5.74) is 1.53. The quantitative estimate of drug-likeness (QED) is 0.773. The summed E-state index contributed by atoms with van der Waals surface area (Å²) in [4.78, 5) is 22.6. The van der Waals surface area contributed by atoms with Crippen LogP contribution in [0, 0.1) is 0 Å². The maximum Gasteiger partial charge on any atom is 0.319 e. The summed E-state index contributed by atoms with van der Waals surface area (Å²) in [5.74, 6) is -0.838. The largest absolute Gasteiger partial charge is 0.481 e. The lowest BCUT2D eigenvalue weighted by Gasteiger charge is -2.15. The van der Waals surface area contributed by atoms with E-state index in [1.165, 1.54) is 12.8 Å². The molecule has 1 aliphatic carbocycles. The van der Waals surface area contributed by atoms with E-state index < -0.39 is 5.97 Å². The van der Waals surface area contributed by atoms with Crippen LogP contribution in [0.15, 0.2) is 24.3 Å². The molecule has 1 aromatic carbocycles. The van der Waals surface area contributed by atoms with Gasteiger partial charge in [0, 0.05) is 18.2 Å². The van der Waals surface area contributed by atoms with Gasteiger partial charge in [-0.25, -0.2) is 4.79 Å². The molecule has 1 fully saturated rings. The van der Waals surface area contributed by atoms with Crippen LogP contribution in [0.25, 0.3) is 0 Å². The van der Waals surface area contributed by atoms with Gasteiger partial charge in [0.2, 0.25) is 0 Å². The van der Waals surface area contributed by atoms with Crippen LogP contribution in [-0.4, -0.2) is 23.1 Å². The summed E-state index contributed by atoms with van der Waals surface area (Å²) >= 11 is 0. The van der Waals surface area contributed by atoms with Crippen molar-refractivity contribution in [2.24, 2.45) is 0 Å². The number of amides is 2. The summed E-state index contributed by atoms with van der Waals surface area (Å²) in [7, 11) is 0. The lowest BCUT2D eigenvalue weighted by Crippen LogP contribution is -2.36. The van der Waals surface area contributed by atoms with Crippen molar-refractivity contribution in [1.29, 1.82) is 0 Å². The minimum atomic E-state index is -0.838. The normalized spacial score (nSPS) is 15.0. The molecule has 2 amide bonds. The first-order valence-corrected chi connectivity index (χ1v) is 7.02. The smallest absolute Gasteiger partial charge is 0.319 e. The zero-order chi connectivity index (χ0) is 14.4. The molecule has 5 nitrogen and oxygen atoms in total. The summed E-state index contributed by atoms with van der Waals surface area (Å²) < 4.78 is 0. The minimum absolute atomic E-state index is 0.0585. The van der Waals surface area contributed by atoms with Gasteiger partial charge in [0.25, 0.3) is 0 Å². The number of anilines is 1.